The number of rotatable bonds is 8. The molecule has 0 saturated carbocycles. The van der Waals surface area contributed by atoms with Crippen molar-refractivity contribution in [3.8, 4) is 0 Å². The van der Waals surface area contributed by atoms with Gasteiger partial charge in [-0.25, -0.2) is 14.4 Å². The zero-order chi connectivity index (χ0) is 30.5. The number of hydrogen-bond donors (Lipinski definition) is 2. The molecule has 0 unspecified atom stereocenters. The summed E-state index contributed by atoms with van der Waals surface area (Å²) in [6.07, 6.45) is -14.8. The second-order valence-electron chi connectivity index (χ2n) is 8.14. The Morgan fingerprint density at radius 1 is 0.707 bits per heavy atom. The Morgan fingerprint density at radius 3 is 1.56 bits per heavy atom. The minimum Gasteiger partial charge on any atom is -0.478 e. The van der Waals surface area contributed by atoms with Crippen LogP contribution in [0.5, 0.6) is 0 Å². The number of anilines is 1. The van der Waals surface area contributed by atoms with Gasteiger partial charge in [-0.3, -0.25) is 4.79 Å². The number of nitrogens with one attached hydrogen (secondary N) is 1. The normalized spacial score (nSPS) is 13.0. The quantitative estimate of drug-likeness (QED) is 0.174. The highest BCUT2D eigenvalue weighted by Crippen LogP contribution is 2.31. The van der Waals surface area contributed by atoms with Crippen LogP contribution >= 0.6 is 22.6 Å². The number of ether oxygens (including phenoxy) is 2. The summed E-state index contributed by atoms with van der Waals surface area (Å²) in [6.45, 7) is 0. The first kappa shape index (κ1) is 31.4. The second-order valence-corrected chi connectivity index (χ2v) is 9.39. The van der Waals surface area contributed by atoms with Crippen LogP contribution in [0.1, 0.15) is 31.8 Å². The van der Waals surface area contributed by atoms with E-state index in [4.69, 9.17) is 9.47 Å². The van der Waals surface area contributed by atoms with Gasteiger partial charge in [0.2, 0.25) is 12.2 Å². The zero-order valence-electron chi connectivity index (χ0n) is 20.1. The van der Waals surface area contributed by atoms with Gasteiger partial charge >= 0.3 is 30.3 Å². The maximum Gasteiger partial charge on any atom is 0.416 e. The lowest BCUT2D eigenvalue weighted by atomic mass is 10.1. The number of esters is 2. The first-order valence-electron chi connectivity index (χ1n) is 11.1. The predicted octanol–water partition coefficient (Wildman–Crippen LogP) is 5.80. The molecule has 15 heteroatoms. The van der Waals surface area contributed by atoms with E-state index in [1.807, 2.05) is 22.6 Å². The van der Waals surface area contributed by atoms with Crippen LogP contribution in [0.3, 0.4) is 0 Å². The Kier molecular flexibility index (Phi) is 9.62. The molecule has 0 bridgehead atoms. The summed E-state index contributed by atoms with van der Waals surface area (Å²) in [5.41, 5.74) is -3.91. The fourth-order valence-corrected chi connectivity index (χ4v) is 3.61. The van der Waals surface area contributed by atoms with E-state index in [2.05, 4.69) is 5.32 Å². The van der Waals surface area contributed by atoms with Gasteiger partial charge in [0.05, 0.1) is 22.3 Å². The summed E-state index contributed by atoms with van der Waals surface area (Å²) in [7, 11) is 0. The molecule has 0 spiro atoms. The SMILES string of the molecule is O=C(O[C@@H](C(=O)O)[C@@H](OC(=O)c1cccc(C(F)(F)F)c1)C(=O)Nc1ccc(I)cc1)c1cccc(C(F)(F)F)c1. The Balaban J connectivity index is 1.96. The van der Waals surface area contributed by atoms with Crippen LogP contribution in [0.15, 0.2) is 72.8 Å². The Labute approximate surface area is 240 Å². The van der Waals surface area contributed by atoms with Crippen LogP contribution in [-0.4, -0.2) is 41.1 Å². The molecule has 0 saturated heterocycles. The Bertz CT molecular complexity index is 1460. The number of halogens is 7. The molecule has 0 fully saturated rings. The van der Waals surface area contributed by atoms with Crippen molar-refractivity contribution in [2.75, 3.05) is 5.32 Å². The van der Waals surface area contributed by atoms with E-state index in [0.717, 1.165) is 27.8 Å². The monoisotopic (exact) mass is 695 g/mol. The van der Waals surface area contributed by atoms with Gasteiger partial charge in [0.15, 0.2) is 0 Å². The summed E-state index contributed by atoms with van der Waals surface area (Å²) in [6, 6.07) is 11.4. The number of carboxylic acid groups (broad SMARTS) is 1. The molecule has 3 aromatic carbocycles. The highest BCUT2D eigenvalue weighted by molar-refractivity contribution is 14.1. The molecule has 0 aliphatic rings. The molecule has 3 aromatic rings. The first-order chi connectivity index (χ1) is 19.1. The van der Waals surface area contributed by atoms with Gasteiger partial charge in [0.25, 0.3) is 5.91 Å². The molecule has 0 aromatic heterocycles. The van der Waals surface area contributed by atoms with E-state index in [9.17, 15) is 50.6 Å². The summed E-state index contributed by atoms with van der Waals surface area (Å²) in [5, 5.41) is 12.0. The summed E-state index contributed by atoms with van der Waals surface area (Å²) < 4.78 is 89.0. The Morgan fingerprint density at radius 2 is 1.15 bits per heavy atom. The maximum atomic E-state index is 13.1. The van der Waals surface area contributed by atoms with E-state index < -0.39 is 70.6 Å². The standard InChI is InChI=1S/C26H16F6INO7/c27-25(28,29)15-5-1-3-13(11-15)23(38)40-19(21(35)34-18-9-7-17(33)8-10-18)20(22(36)37)41-24(39)14-4-2-6-16(12-14)26(30,31)32/h1-12,19-20H,(H,34,35)(H,36,37)/t19-,20-/m1/s1. The molecular formula is C26H16F6INO7. The molecular weight excluding hydrogens is 679 g/mol. The molecule has 0 aliphatic carbocycles. The average molecular weight is 695 g/mol. The number of aliphatic carboxylic acids is 1. The van der Waals surface area contributed by atoms with Crippen LogP contribution < -0.4 is 5.32 Å². The van der Waals surface area contributed by atoms with Gasteiger partial charge in [0.1, 0.15) is 0 Å². The van der Waals surface area contributed by atoms with Crippen molar-refractivity contribution >= 4 is 52.1 Å². The number of carbonyl (C=O) groups excluding carboxylic acids is 3. The van der Waals surface area contributed by atoms with Crippen LogP contribution in [-0.2, 0) is 31.4 Å². The van der Waals surface area contributed by atoms with E-state index in [0.29, 0.717) is 24.3 Å². The average Bonchev–Trinajstić information content (AvgIpc) is 2.90. The lowest BCUT2D eigenvalue weighted by molar-refractivity contribution is -0.157. The van der Waals surface area contributed by atoms with Crippen molar-refractivity contribution in [2.45, 2.75) is 24.6 Å². The van der Waals surface area contributed by atoms with Crippen molar-refractivity contribution < 1.29 is 60.1 Å². The third-order valence-corrected chi connectivity index (χ3v) is 5.93. The highest BCUT2D eigenvalue weighted by Gasteiger charge is 2.42. The molecule has 1 amide bonds. The van der Waals surface area contributed by atoms with Gasteiger partial charge < -0.3 is 19.9 Å². The molecule has 2 atom stereocenters. The summed E-state index contributed by atoms with van der Waals surface area (Å²) in [4.78, 5) is 50.5. The largest absolute Gasteiger partial charge is 0.478 e. The number of benzene rings is 3. The van der Waals surface area contributed by atoms with Crippen molar-refractivity contribution in [1.82, 2.24) is 0 Å². The number of carboxylic acids is 1. The lowest BCUT2D eigenvalue weighted by Gasteiger charge is -2.24. The second kappa shape index (κ2) is 12.6. The van der Waals surface area contributed by atoms with Crippen molar-refractivity contribution in [2.24, 2.45) is 0 Å². The van der Waals surface area contributed by atoms with E-state index in [-0.39, 0.29) is 5.69 Å². The number of amides is 1. The summed E-state index contributed by atoms with van der Waals surface area (Å²) in [5.74, 6) is -6.62. The van der Waals surface area contributed by atoms with E-state index in [1.165, 1.54) is 12.1 Å². The topological polar surface area (TPSA) is 119 Å². The fourth-order valence-electron chi connectivity index (χ4n) is 3.25. The van der Waals surface area contributed by atoms with E-state index >= 15 is 0 Å². The van der Waals surface area contributed by atoms with Crippen molar-refractivity contribution in [3.63, 3.8) is 0 Å². The van der Waals surface area contributed by atoms with Gasteiger partial charge in [-0.2, -0.15) is 26.3 Å². The molecule has 216 valence electrons. The maximum absolute atomic E-state index is 13.1. The molecule has 3 rings (SSSR count). The summed E-state index contributed by atoms with van der Waals surface area (Å²) >= 11 is 1.95. The lowest BCUT2D eigenvalue weighted by Crippen LogP contribution is -2.48. The molecule has 0 radical (unpaired) electrons. The molecule has 0 aliphatic heterocycles. The number of alkyl halides is 6. The minimum absolute atomic E-state index is 0.0730. The first-order valence-corrected chi connectivity index (χ1v) is 12.2. The van der Waals surface area contributed by atoms with Crippen LogP contribution in [0, 0.1) is 3.57 Å². The zero-order valence-corrected chi connectivity index (χ0v) is 22.3. The van der Waals surface area contributed by atoms with Gasteiger partial charge in [-0.05, 0) is 83.3 Å². The third kappa shape index (κ3) is 8.42. The Hall–Kier alpha value is -4.15. The number of hydrogen-bond acceptors (Lipinski definition) is 6. The predicted molar refractivity (Wildman–Crippen MR) is 137 cm³/mol. The number of carbonyl (C=O) groups is 4. The van der Waals surface area contributed by atoms with E-state index in [1.54, 1.807) is 12.1 Å². The van der Waals surface area contributed by atoms with Crippen LogP contribution in [0.2, 0.25) is 0 Å². The minimum atomic E-state index is -4.86. The fraction of sp³-hybridized carbons (Fsp3) is 0.154. The smallest absolute Gasteiger partial charge is 0.416 e. The van der Waals surface area contributed by atoms with Crippen molar-refractivity contribution in [1.29, 1.82) is 0 Å². The third-order valence-electron chi connectivity index (χ3n) is 5.21. The van der Waals surface area contributed by atoms with Gasteiger partial charge in [-0.1, -0.05) is 12.1 Å². The van der Waals surface area contributed by atoms with Gasteiger partial charge in [-0.15, -0.1) is 0 Å². The van der Waals surface area contributed by atoms with Gasteiger partial charge in [0, 0.05) is 9.26 Å². The molecule has 41 heavy (non-hydrogen) atoms. The highest BCUT2D eigenvalue weighted by atomic mass is 127. The van der Waals surface area contributed by atoms with Crippen LogP contribution in [0.25, 0.3) is 0 Å². The molecule has 2 N–H and O–H groups in total. The molecule has 8 nitrogen and oxygen atoms in total. The molecule has 0 heterocycles. The van der Waals surface area contributed by atoms with Crippen molar-refractivity contribution in [3.05, 3.63) is 98.6 Å². The van der Waals surface area contributed by atoms with Crippen LogP contribution in [0.4, 0.5) is 32.0 Å².